The van der Waals surface area contributed by atoms with E-state index in [9.17, 15) is 13.2 Å². The first kappa shape index (κ1) is 21.4. The van der Waals surface area contributed by atoms with Crippen molar-refractivity contribution < 1.29 is 17.9 Å². The number of hydrogen-bond donors (Lipinski definition) is 0. The molecule has 0 atom stereocenters. The molecular weight excluding hydrogens is 373 g/mol. The molecule has 1 aliphatic carbocycles. The van der Waals surface area contributed by atoms with Crippen molar-refractivity contribution in [3.05, 3.63) is 84.0 Å². The lowest BCUT2D eigenvalue weighted by molar-refractivity contribution is -0.137. The quantitative estimate of drug-likeness (QED) is 0.455. The van der Waals surface area contributed by atoms with Crippen molar-refractivity contribution in [3.8, 4) is 11.1 Å². The van der Waals surface area contributed by atoms with Crippen molar-refractivity contribution in [2.75, 3.05) is 6.61 Å². The predicted octanol–water partition coefficient (Wildman–Crippen LogP) is 7.55. The zero-order chi connectivity index (χ0) is 20.7. The van der Waals surface area contributed by atoms with E-state index in [2.05, 4.69) is 12.1 Å². The third-order valence-corrected chi connectivity index (χ3v) is 5.47. The summed E-state index contributed by atoms with van der Waals surface area (Å²) < 4.78 is 44.1. The van der Waals surface area contributed by atoms with Crippen LogP contribution in [0.25, 0.3) is 11.1 Å². The molecule has 0 bridgehead atoms. The van der Waals surface area contributed by atoms with E-state index in [1.807, 2.05) is 43.4 Å². The summed E-state index contributed by atoms with van der Waals surface area (Å²) in [4.78, 5) is 0. The van der Waals surface area contributed by atoms with E-state index in [1.165, 1.54) is 17.7 Å². The Bertz CT molecular complexity index is 809. The van der Waals surface area contributed by atoms with Gasteiger partial charge in [-0.25, -0.2) is 0 Å². The summed E-state index contributed by atoms with van der Waals surface area (Å²) in [7, 11) is 0. The van der Waals surface area contributed by atoms with E-state index in [1.54, 1.807) is 0 Å². The normalized spacial score (nSPS) is 20.6. The van der Waals surface area contributed by atoms with Gasteiger partial charge in [-0.3, -0.25) is 0 Å². The molecule has 2 aromatic carbocycles. The molecule has 154 valence electrons. The average molecular weight is 400 g/mol. The largest absolute Gasteiger partial charge is 0.416 e. The molecule has 0 heterocycles. The maximum absolute atomic E-state index is 12.7. The van der Waals surface area contributed by atoms with E-state index < -0.39 is 11.7 Å². The van der Waals surface area contributed by atoms with Gasteiger partial charge in [0, 0.05) is 0 Å². The Morgan fingerprint density at radius 2 is 1.45 bits per heavy atom. The number of hydrogen-bond acceptors (Lipinski definition) is 1. The minimum atomic E-state index is -4.30. The standard InChI is InChI=1S/C25H27F3O/c1-2-3-4-5-18-29-24-16-12-22(13-17-24)20-8-6-19(7-9-20)21-10-14-23(15-11-21)25(26,27)28/h2-11,14-15,22,24H,12-13,16-18H2,1H3/b3-2+,5-4+. The van der Waals surface area contributed by atoms with E-state index in [0.717, 1.165) is 48.9 Å². The molecule has 1 nitrogen and oxygen atoms in total. The highest BCUT2D eigenvalue weighted by Gasteiger charge is 2.30. The van der Waals surface area contributed by atoms with Crippen molar-refractivity contribution in [1.82, 2.24) is 0 Å². The van der Waals surface area contributed by atoms with E-state index in [4.69, 9.17) is 4.74 Å². The lowest BCUT2D eigenvalue weighted by Gasteiger charge is -2.28. The predicted molar refractivity (Wildman–Crippen MR) is 112 cm³/mol. The number of halogens is 3. The van der Waals surface area contributed by atoms with Gasteiger partial charge < -0.3 is 4.74 Å². The summed E-state index contributed by atoms with van der Waals surface area (Å²) >= 11 is 0. The fraction of sp³-hybridized carbons (Fsp3) is 0.360. The molecular formula is C25H27F3O. The summed E-state index contributed by atoms with van der Waals surface area (Å²) in [5, 5.41) is 0. The van der Waals surface area contributed by atoms with Gasteiger partial charge in [0.25, 0.3) is 0 Å². The second-order valence-electron chi connectivity index (χ2n) is 7.46. The smallest absolute Gasteiger partial charge is 0.374 e. The highest BCUT2D eigenvalue weighted by molar-refractivity contribution is 5.64. The van der Waals surface area contributed by atoms with Crippen LogP contribution in [0, 0.1) is 0 Å². The summed E-state index contributed by atoms with van der Waals surface area (Å²) in [6.45, 7) is 2.64. The van der Waals surface area contributed by atoms with Crippen molar-refractivity contribution in [3.63, 3.8) is 0 Å². The fourth-order valence-electron chi connectivity index (χ4n) is 3.80. The molecule has 0 unspecified atom stereocenters. The van der Waals surface area contributed by atoms with Crippen LogP contribution in [0.1, 0.15) is 49.7 Å². The van der Waals surface area contributed by atoms with Crippen molar-refractivity contribution in [1.29, 1.82) is 0 Å². The number of ether oxygens (including phenoxy) is 1. The Balaban J connectivity index is 1.53. The van der Waals surface area contributed by atoms with Crippen LogP contribution in [-0.2, 0) is 10.9 Å². The van der Waals surface area contributed by atoms with Crippen molar-refractivity contribution in [2.45, 2.75) is 50.8 Å². The third kappa shape index (κ3) is 6.07. The molecule has 0 spiro atoms. The molecule has 0 radical (unpaired) electrons. The highest BCUT2D eigenvalue weighted by Crippen LogP contribution is 2.35. The van der Waals surface area contributed by atoms with Gasteiger partial charge in [0.15, 0.2) is 0 Å². The van der Waals surface area contributed by atoms with E-state index in [-0.39, 0.29) is 0 Å². The minimum absolute atomic E-state index is 0.327. The van der Waals surface area contributed by atoms with Gasteiger partial charge in [-0.05, 0) is 67.3 Å². The molecule has 1 saturated carbocycles. The molecule has 0 amide bonds. The molecule has 0 aromatic heterocycles. The van der Waals surface area contributed by atoms with Gasteiger partial charge in [0.05, 0.1) is 18.3 Å². The van der Waals surface area contributed by atoms with Gasteiger partial charge in [0.2, 0.25) is 0 Å². The van der Waals surface area contributed by atoms with Crippen LogP contribution in [0.2, 0.25) is 0 Å². The lowest BCUT2D eigenvalue weighted by Crippen LogP contribution is -2.20. The molecule has 29 heavy (non-hydrogen) atoms. The van der Waals surface area contributed by atoms with Crippen LogP contribution in [0.4, 0.5) is 13.2 Å². The number of rotatable bonds is 6. The minimum Gasteiger partial charge on any atom is -0.374 e. The first-order valence-corrected chi connectivity index (χ1v) is 10.1. The Hall–Kier alpha value is -2.33. The highest BCUT2D eigenvalue weighted by atomic mass is 19.4. The van der Waals surface area contributed by atoms with E-state index in [0.29, 0.717) is 18.6 Å². The fourth-order valence-corrected chi connectivity index (χ4v) is 3.80. The van der Waals surface area contributed by atoms with Crippen LogP contribution in [-0.4, -0.2) is 12.7 Å². The van der Waals surface area contributed by atoms with Gasteiger partial charge in [-0.15, -0.1) is 0 Å². The molecule has 3 rings (SSSR count). The van der Waals surface area contributed by atoms with Gasteiger partial charge >= 0.3 is 6.18 Å². The van der Waals surface area contributed by atoms with Crippen LogP contribution in [0.3, 0.4) is 0 Å². The lowest BCUT2D eigenvalue weighted by atomic mass is 9.82. The summed E-state index contributed by atoms with van der Waals surface area (Å²) in [5.41, 5.74) is 2.42. The number of allylic oxidation sites excluding steroid dienone is 3. The maximum Gasteiger partial charge on any atom is 0.416 e. The van der Waals surface area contributed by atoms with E-state index >= 15 is 0 Å². The second-order valence-corrected chi connectivity index (χ2v) is 7.46. The Kier molecular flexibility index (Phi) is 7.32. The summed E-state index contributed by atoms with van der Waals surface area (Å²) in [5.74, 6) is 0.523. The molecule has 1 fully saturated rings. The molecule has 0 aliphatic heterocycles. The maximum atomic E-state index is 12.7. The van der Waals surface area contributed by atoms with Crippen LogP contribution < -0.4 is 0 Å². The van der Waals surface area contributed by atoms with Crippen molar-refractivity contribution >= 4 is 0 Å². The van der Waals surface area contributed by atoms with Crippen molar-refractivity contribution in [2.24, 2.45) is 0 Å². The number of alkyl halides is 3. The Labute approximate surface area is 170 Å². The average Bonchev–Trinajstić information content (AvgIpc) is 2.74. The van der Waals surface area contributed by atoms with Gasteiger partial charge in [-0.1, -0.05) is 60.7 Å². The molecule has 4 heteroatoms. The van der Waals surface area contributed by atoms with Gasteiger partial charge in [0.1, 0.15) is 0 Å². The summed E-state index contributed by atoms with van der Waals surface area (Å²) in [6, 6.07) is 13.6. The zero-order valence-corrected chi connectivity index (χ0v) is 16.7. The zero-order valence-electron chi connectivity index (χ0n) is 16.7. The molecule has 0 N–H and O–H groups in total. The molecule has 0 saturated heterocycles. The first-order valence-electron chi connectivity index (χ1n) is 10.1. The summed E-state index contributed by atoms with van der Waals surface area (Å²) in [6.07, 6.45) is 8.37. The van der Waals surface area contributed by atoms with Gasteiger partial charge in [-0.2, -0.15) is 13.2 Å². The Morgan fingerprint density at radius 1 is 0.862 bits per heavy atom. The van der Waals surface area contributed by atoms with Crippen LogP contribution >= 0.6 is 0 Å². The Morgan fingerprint density at radius 3 is 2.00 bits per heavy atom. The topological polar surface area (TPSA) is 9.23 Å². The third-order valence-electron chi connectivity index (χ3n) is 5.47. The molecule has 2 aromatic rings. The number of benzene rings is 2. The molecule has 1 aliphatic rings. The SMILES string of the molecule is C/C=C/C=C/COC1CCC(c2ccc(-c3ccc(C(F)(F)F)cc3)cc2)CC1. The van der Waals surface area contributed by atoms with Crippen LogP contribution in [0.5, 0.6) is 0 Å². The van der Waals surface area contributed by atoms with Crippen LogP contribution in [0.15, 0.2) is 72.8 Å². The first-order chi connectivity index (χ1) is 14.0. The second kappa shape index (κ2) is 9.93. The monoisotopic (exact) mass is 400 g/mol.